The molecule has 0 spiro atoms. The molecule has 8 N–H and O–H groups in total. The zero-order chi connectivity index (χ0) is 37.1. The Bertz CT molecular complexity index is 2270. The van der Waals surface area contributed by atoms with Gasteiger partial charge in [0, 0.05) is 22.7 Å². The minimum absolute atomic E-state index is 0.0822. The summed E-state index contributed by atoms with van der Waals surface area (Å²) in [6.07, 6.45) is -0.250. The molecule has 0 saturated carbocycles. The van der Waals surface area contributed by atoms with Gasteiger partial charge in [0.15, 0.2) is 10.2 Å². The lowest BCUT2D eigenvalue weighted by atomic mass is 10.0. The van der Waals surface area contributed by atoms with E-state index in [1.807, 2.05) is 0 Å². The number of aryl methyl sites for hydroxylation is 2. The van der Waals surface area contributed by atoms with E-state index in [9.17, 15) is 51.9 Å². The summed E-state index contributed by atoms with van der Waals surface area (Å²) >= 11 is 10.4. The van der Waals surface area contributed by atoms with Gasteiger partial charge in [-0.3, -0.25) is 18.2 Å². The summed E-state index contributed by atoms with van der Waals surface area (Å²) in [6.45, 7) is 0. The zero-order valence-corrected chi connectivity index (χ0v) is 29.9. The predicted octanol–water partition coefficient (Wildman–Crippen LogP) is 4.08. The van der Waals surface area contributed by atoms with Gasteiger partial charge in [-0.2, -0.15) is 33.7 Å². The molecule has 0 aliphatic carbocycles. The van der Waals surface area contributed by atoms with Crippen molar-refractivity contribution in [2.24, 2.45) is 0 Å². The molecule has 0 atom stereocenters. The maximum absolute atomic E-state index is 12.3. The van der Waals surface area contributed by atoms with E-state index in [1.165, 1.54) is 48.5 Å². The van der Waals surface area contributed by atoms with E-state index >= 15 is 0 Å². The van der Waals surface area contributed by atoms with Crippen LogP contribution in [0.15, 0.2) is 105 Å². The van der Waals surface area contributed by atoms with Crippen molar-refractivity contribution in [3.63, 3.8) is 0 Å². The van der Waals surface area contributed by atoms with Gasteiger partial charge in [0.25, 0.3) is 40.5 Å². The first-order chi connectivity index (χ1) is 23.1. The van der Waals surface area contributed by atoms with Gasteiger partial charge in [0.05, 0.1) is 19.6 Å². The van der Waals surface area contributed by atoms with Gasteiger partial charge in [-0.05, 0) is 109 Å². The van der Waals surface area contributed by atoms with Crippen LogP contribution in [0.5, 0.6) is 0 Å². The molecular formula is C28H26N4O12S6. The van der Waals surface area contributed by atoms with E-state index in [0.717, 1.165) is 36.4 Å². The molecule has 0 amide bonds. The number of anilines is 4. The number of nitrogens with one attached hydrogen (secondary N) is 4. The molecule has 0 bridgehead atoms. The molecule has 0 heterocycles. The molecule has 0 aliphatic rings. The normalized spacial score (nSPS) is 12.2. The molecule has 22 heteroatoms. The Morgan fingerprint density at radius 1 is 0.460 bits per heavy atom. The Kier molecular flexibility index (Phi) is 11.6. The summed E-state index contributed by atoms with van der Waals surface area (Å²) in [6, 6.07) is 17.8. The van der Waals surface area contributed by atoms with Crippen LogP contribution in [0.1, 0.15) is 11.1 Å². The van der Waals surface area contributed by atoms with Gasteiger partial charge in [0.2, 0.25) is 0 Å². The molecule has 50 heavy (non-hydrogen) atoms. The maximum atomic E-state index is 12.3. The fourth-order valence-corrected chi connectivity index (χ4v) is 7.56. The largest absolute Gasteiger partial charge is 0.332 e. The smallest absolute Gasteiger partial charge is 0.294 e. The van der Waals surface area contributed by atoms with E-state index in [4.69, 9.17) is 24.4 Å². The maximum Gasteiger partial charge on any atom is 0.294 e. The van der Waals surface area contributed by atoms with Crippen molar-refractivity contribution in [2.75, 3.05) is 21.3 Å². The van der Waals surface area contributed by atoms with Crippen molar-refractivity contribution in [1.29, 1.82) is 0 Å². The molecule has 0 unspecified atom stereocenters. The van der Waals surface area contributed by atoms with Gasteiger partial charge >= 0.3 is 0 Å². The topological polar surface area (TPSA) is 266 Å². The Morgan fingerprint density at radius 2 is 0.780 bits per heavy atom. The zero-order valence-electron chi connectivity index (χ0n) is 25.0. The second-order valence-electron chi connectivity index (χ2n) is 10.3. The highest BCUT2D eigenvalue weighted by Gasteiger charge is 2.21. The molecule has 4 rings (SSSR count). The summed E-state index contributed by atoms with van der Waals surface area (Å²) in [5.74, 6) is 0. The Labute approximate surface area is 297 Å². The SMILES string of the molecule is O=S(=O)(O)c1cccc(NC(=S)Nc2ccc(CCc3ccc(NC(=S)Nc4cccc(S(=O)(=O)O)c4)cc3S(=O)(=O)O)c(S(=O)(=O)O)c2)c1. The van der Waals surface area contributed by atoms with Crippen molar-refractivity contribution in [2.45, 2.75) is 32.4 Å². The summed E-state index contributed by atoms with van der Waals surface area (Å²) in [5.41, 5.74) is 0.742. The average Bonchev–Trinajstić information content (AvgIpc) is 2.99. The van der Waals surface area contributed by atoms with Crippen LogP contribution in [0.4, 0.5) is 22.7 Å². The van der Waals surface area contributed by atoms with E-state index in [1.54, 1.807) is 0 Å². The van der Waals surface area contributed by atoms with E-state index < -0.39 is 60.1 Å². The number of thiocarbonyl (C=S) groups is 2. The lowest BCUT2D eigenvalue weighted by Crippen LogP contribution is -2.20. The number of rotatable bonds is 11. The minimum atomic E-state index is -4.82. The molecule has 16 nitrogen and oxygen atoms in total. The first-order valence-electron chi connectivity index (χ1n) is 13.6. The first-order valence-corrected chi connectivity index (χ1v) is 20.2. The van der Waals surface area contributed by atoms with Crippen molar-refractivity contribution < 1.29 is 51.9 Å². The Balaban J connectivity index is 1.50. The highest BCUT2D eigenvalue weighted by atomic mass is 32.2. The number of hydrogen-bond donors (Lipinski definition) is 8. The third-order valence-corrected chi connectivity index (χ3v) is 10.6. The molecule has 0 radical (unpaired) electrons. The van der Waals surface area contributed by atoms with E-state index in [0.29, 0.717) is 0 Å². The summed E-state index contributed by atoms with van der Waals surface area (Å²) < 4.78 is 133. The highest BCUT2D eigenvalue weighted by molar-refractivity contribution is 7.86. The van der Waals surface area contributed by atoms with Crippen LogP contribution in [0, 0.1) is 0 Å². The Hall–Kier alpha value is -4.10. The molecular weight excluding hydrogens is 777 g/mol. The standard InChI is InChI=1S/C28H26N4O12S6/c33-47(34,35)23-5-1-3-19(13-23)29-27(45)31-21-11-9-17(25(15-21)49(39,40)41)7-8-18-10-12-22(16-26(18)50(42,43)44)32-28(46)30-20-4-2-6-24(14-20)48(36,37)38/h1-6,9-16H,7-8H2,(H2,29,31,45)(H2,30,32,46)(H,33,34,35)(H,36,37,38)(H,39,40,41)(H,42,43,44). The molecule has 0 saturated heterocycles. The molecule has 4 aromatic carbocycles. The van der Waals surface area contributed by atoms with Gasteiger partial charge in [-0.25, -0.2) is 0 Å². The third kappa shape index (κ3) is 10.7. The van der Waals surface area contributed by atoms with Crippen LogP contribution in [-0.4, -0.2) is 62.1 Å². The van der Waals surface area contributed by atoms with Crippen LogP contribution in [0.3, 0.4) is 0 Å². The Morgan fingerprint density at radius 3 is 1.08 bits per heavy atom. The number of benzene rings is 4. The van der Waals surface area contributed by atoms with Gasteiger partial charge in [0.1, 0.15) is 0 Å². The fourth-order valence-electron chi connectivity index (χ4n) is 4.48. The van der Waals surface area contributed by atoms with Gasteiger partial charge in [-0.1, -0.05) is 24.3 Å². The number of hydrogen-bond acceptors (Lipinski definition) is 10. The van der Waals surface area contributed by atoms with Crippen molar-refractivity contribution >= 4 is 97.9 Å². The average molecular weight is 803 g/mol. The second kappa shape index (κ2) is 15.0. The van der Waals surface area contributed by atoms with Crippen LogP contribution in [0.2, 0.25) is 0 Å². The van der Waals surface area contributed by atoms with Gasteiger partial charge < -0.3 is 21.3 Å². The lowest BCUT2D eigenvalue weighted by Gasteiger charge is -2.15. The first kappa shape index (κ1) is 38.7. The van der Waals surface area contributed by atoms with Crippen molar-refractivity contribution in [1.82, 2.24) is 0 Å². The molecule has 0 aromatic heterocycles. The second-order valence-corrected chi connectivity index (χ2v) is 16.7. The van der Waals surface area contributed by atoms with Crippen LogP contribution < -0.4 is 21.3 Å². The molecule has 266 valence electrons. The minimum Gasteiger partial charge on any atom is -0.332 e. The third-order valence-electron chi connectivity index (χ3n) is 6.65. The van der Waals surface area contributed by atoms with Crippen LogP contribution in [0.25, 0.3) is 0 Å². The summed E-state index contributed by atoms with van der Waals surface area (Å²) in [4.78, 5) is -1.84. The summed E-state index contributed by atoms with van der Waals surface area (Å²) in [5, 5.41) is 10.6. The van der Waals surface area contributed by atoms with Crippen molar-refractivity contribution in [3.05, 3.63) is 96.1 Å². The van der Waals surface area contributed by atoms with Crippen molar-refractivity contribution in [3.8, 4) is 0 Å². The fraction of sp³-hybridized carbons (Fsp3) is 0.0714. The van der Waals surface area contributed by atoms with Crippen LogP contribution in [-0.2, 0) is 53.3 Å². The van der Waals surface area contributed by atoms with E-state index in [-0.39, 0.29) is 56.9 Å². The quantitative estimate of drug-likeness (QED) is 0.0784. The molecule has 0 aliphatic heterocycles. The van der Waals surface area contributed by atoms with Crippen LogP contribution >= 0.6 is 24.4 Å². The predicted molar refractivity (Wildman–Crippen MR) is 192 cm³/mol. The molecule has 0 fully saturated rings. The lowest BCUT2D eigenvalue weighted by molar-refractivity contribution is 0.479. The highest BCUT2D eigenvalue weighted by Crippen LogP contribution is 2.27. The van der Waals surface area contributed by atoms with Gasteiger partial charge in [-0.15, -0.1) is 0 Å². The van der Waals surface area contributed by atoms with E-state index in [2.05, 4.69) is 21.3 Å². The summed E-state index contributed by atoms with van der Waals surface area (Å²) in [7, 11) is -18.6. The monoisotopic (exact) mass is 802 g/mol. The molecule has 4 aromatic rings.